The van der Waals surface area contributed by atoms with Crippen molar-refractivity contribution < 1.29 is 4.79 Å². The first-order valence-electron chi connectivity index (χ1n) is 8.94. The van der Waals surface area contributed by atoms with Gasteiger partial charge >= 0.3 is 0 Å². The molecule has 0 aromatic carbocycles. The monoisotopic (exact) mass is 339 g/mol. The van der Waals surface area contributed by atoms with Crippen LogP contribution in [-0.4, -0.2) is 45.4 Å². The Labute approximate surface area is 148 Å². The molecule has 0 bridgehead atoms. The van der Waals surface area contributed by atoms with Crippen LogP contribution in [0.4, 0.5) is 0 Å². The highest BCUT2D eigenvalue weighted by Gasteiger charge is 2.46. The van der Waals surface area contributed by atoms with Crippen molar-refractivity contribution in [3.05, 3.63) is 11.9 Å². The van der Waals surface area contributed by atoms with Crippen LogP contribution >= 0.6 is 0 Å². The Balaban J connectivity index is 0.00000254. The number of hydrogen-bond acceptors (Lipinski definition) is 4. The number of aromatic nitrogens is 3. The standard InChI is InChI=1S/C16H31N5O.C2H6/c1-9-20(8)14(22)15(4,5)16(6,7)21-11-13(18-19-21)10-17-12(2)3;1-2/h11-12,17H,9-10H2,1-8H3;1-2H3. The average molecular weight is 340 g/mol. The SMILES string of the molecule is CC.CCN(C)C(=O)C(C)(C)C(C)(C)n1cc(CNC(C)C)nn1. The van der Waals surface area contributed by atoms with Crippen molar-refractivity contribution in [2.45, 2.75) is 80.4 Å². The molecule has 0 spiro atoms. The molecular formula is C18H37N5O. The minimum Gasteiger partial charge on any atom is -0.345 e. The molecule has 6 nitrogen and oxygen atoms in total. The van der Waals surface area contributed by atoms with E-state index in [1.54, 1.807) is 4.90 Å². The predicted octanol–water partition coefficient (Wildman–Crippen LogP) is 3.04. The fourth-order valence-corrected chi connectivity index (χ4v) is 2.13. The largest absolute Gasteiger partial charge is 0.345 e. The van der Waals surface area contributed by atoms with Gasteiger partial charge in [-0.3, -0.25) is 4.79 Å². The third-order valence-corrected chi connectivity index (χ3v) is 4.69. The molecule has 0 radical (unpaired) electrons. The Hall–Kier alpha value is -1.43. The Morgan fingerprint density at radius 2 is 1.83 bits per heavy atom. The van der Waals surface area contributed by atoms with Gasteiger partial charge in [0.05, 0.1) is 22.8 Å². The number of carbonyl (C=O) groups excluding carboxylic acids is 1. The molecule has 140 valence electrons. The summed E-state index contributed by atoms with van der Waals surface area (Å²) in [6.45, 7) is 19.5. The van der Waals surface area contributed by atoms with E-state index in [-0.39, 0.29) is 5.91 Å². The van der Waals surface area contributed by atoms with Crippen molar-refractivity contribution in [1.29, 1.82) is 0 Å². The van der Waals surface area contributed by atoms with E-state index in [0.29, 0.717) is 19.1 Å². The molecule has 0 saturated heterocycles. The molecule has 1 aromatic rings. The fraction of sp³-hybridized carbons (Fsp3) is 0.833. The van der Waals surface area contributed by atoms with E-state index in [9.17, 15) is 4.79 Å². The minimum absolute atomic E-state index is 0.109. The maximum Gasteiger partial charge on any atom is 0.230 e. The van der Waals surface area contributed by atoms with Crippen LogP contribution in [0.1, 0.15) is 68.0 Å². The maximum atomic E-state index is 12.7. The molecular weight excluding hydrogens is 302 g/mol. The van der Waals surface area contributed by atoms with Gasteiger partial charge in [0.15, 0.2) is 0 Å². The van der Waals surface area contributed by atoms with E-state index in [1.165, 1.54) is 0 Å². The summed E-state index contributed by atoms with van der Waals surface area (Å²) in [7, 11) is 1.83. The van der Waals surface area contributed by atoms with Crippen LogP contribution in [0.15, 0.2) is 6.20 Å². The quantitative estimate of drug-likeness (QED) is 0.829. The van der Waals surface area contributed by atoms with Gasteiger partial charge in [-0.2, -0.15) is 0 Å². The van der Waals surface area contributed by atoms with E-state index >= 15 is 0 Å². The minimum atomic E-state index is -0.589. The Kier molecular flexibility index (Phi) is 8.61. The molecule has 0 aliphatic rings. The summed E-state index contributed by atoms with van der Waals surface area (Å²) < 4.78 is 1.81. The van der Waals surface area contributed by atoms with E-state index in [1.807, 2.05) is 66.4 Å². The molecule has 6 heteroatoms. The van der Waals surface area contributed by atoms with Crippen LogP contribution in [0.3, 0.4) is 0 Å². The molecule has 0 saturated carbocycles. The first-order chi connectivity index (χ1) is 11.0. The first kappa shape index (κ1) is 22.6. The number of amides is 1. The molecule has 0 unspecified atom stereocenters. The van der Waals surface area contributed by atoms with Gasteiger partial charge in [0.2, 0.25) is 5.91 Å². The molecule has 0 aliphatic carbocycles. The average Bonchev–Trinajstić information content (AvgIpc) is 3.02. The topological polar surface area (TPSA) is 63.1 Å². The third-order valence-electron chi connectivity index (χ3n) is 4.69. The lowest BCUT2D eigenvalue weighted by Gasteiger charge is -2.41. The molecule has 1 aromatic heterocycles. The summed E-state index contributed by atoms with van der Waals surface area (Å²) in [4.78, 5) is 14.4. The smallest absolute Gasteiger partial charge is 0.230 e. The predicted molar refractivity (Wildman–Crippen MR) is 99.8 cm³/mol. The van der Waals surface area contributed by atoms with Gasteiger partial charge in [-0.05, 0) is 34.6 Å². The number of nitrogens with one attached hydrogen (secondary N) is 1. The summed E-state index contributed by atoms with van der Waals surface area (Å²) in [6, 6.07) is 0.398. The van der Waals surface area contributed by atoms with Gasteiger partial charge in [-0.15, -0.1) is 5.10 Å². The number of nitrogens with zero attached hydrogens (tertiary/aromatic N) is 4. The van der Waals surface area contributed by atoms with E-state index in [2.05, 4.69) is 29.5 Å². The zero-order valence-corrected chi connectivity index (χ0v) is 17.3. The zero-order chi connectivity index (χ0) is 19.1. The van der Waals surface area contributed by atoms with Crippen LogP contribution in [0, 0.1) is 5.41 Å². The molecule has 24 heavy (non-hydrogen) atoms. The lowest BCUT2D eigenvalue weighted by Crippen LogP contribution is -2.52. The molecule has 1 rings (SSSR count). The number of hydrogen-bond donors (Lipinski definition) is 1. The second kappa shape index (κ2) is 9.16. The van der Waals surface area contributed by atoms with E-state index in [0.717, 1.165) is 5.69 Å². The molecule has 1 heterocycles. The second-order valence-corrected chi connectivity index (χ2v) is 7.19. The van der Waals surface area contributed by atoms with Crippen LogP contribution in [0.5, 0.6) is 0 Å². The summed E-state index contributed by atoms with van der Waals surface area (Å²) in [5.41, 5.74) is -0.181. The van der Waals surface area contributed by atoms with Crippen LogP contribution in [0.2, 0.25) is 0 Å². The van der Waals surface area contributed by atoms with Crippen molar-refractivity contribution in [3.8, 4) is 0 Å². The highest BCUT2D eigenvalue weighted by atomic mass is 16.2. The summed E-state index contributed by atoms with van der Waals surface area (Å²) in [5.74, 6) is 0.109. The Morgan fingerprint density at radius 3 is 2.29 bits per heavy atom. The van der Waals surface area contributed by atoms with Crippen LogP contribution in [-0.2, 0) is 16.9 Å². The third kappa shape index (κ3) is 5.03. The maximum absolute atomic E-state index is 12.7. The van der Waals surface area contributed by atoms with Gasteiger partial charge in [0, 0.05) is 26.2 Å². The van der Waals surface area contributed by atoms with Crippen molar-refractivity contribution >= 4 is 5.91 Å². The highest BCUT2D eigenvalue weighted by molar-refractivity contribution is 5.82. The second-order valence-electron chi connectivity index (χ2n) is 7.19. The number of carbonyl (C=O) groups is 1. The highest BCUT2D eigenvalue weighted by Crippen LogP contribution is 2.38. The molecule has 0 fully saturated rings. The Bertz CT molecular complexity index is 505. The fourth-order valence-electron chi connectivity index (χ4n) is 2.13. The summed E-state index contributed by atoms with van der Waals surface area (Å²) in [5, 5.41) is 11.8. The molecule has 1 amide bonds. The summed E-state index contributed by atoms with van der Waals surface area (Å²) in [6.07, 6.45) is 1.93. The first-order valence-corrected chi connectivity index (χ1v) is 8.94. The molecule has 0 atom stereocenters. The van der Waals surface area contributed by atoms with Crippen molar-refractivity contribution in [2.24, 2.45) is 5.41 Å². The van der Waals surface area contributed by atoms with Crippen LogP contribution in [0.25, 0.3) is 0 Å². The Morgan fingerprint density at radius 1 is 1.29 bits per heavy atom. The normalized spacial score (nSPS) is 12.0. The van der Waals surface area contributed by atoms with Crippen molar-refractivity contribution in [3.63, 3.8) is 0 Å². The van der Waals surface area contributed by atoms with Crippen LogP contribution < -0.4 is 5.32 Å². The van der Waals surface area contributed by atoms with Crippen molar-refractivity contribution in [1.82, 2.24) is 25.2 Å². The van der Waals surface area contributed by atoms with Crippen molar-refractivity contribution in [2.75, 3.05) is 13.6 Å². The lowest BCUT2D eigenvalue weighted by atomic mass is 9.73. The van der Waals surface area contributed by atoms with Gasteiger partial charge in [0.1, 0.15) is 0 Å². The van der Waals surface area contributed by atoms with Gasteiger partial charge in [-0.25, -0.2) is 4.68 Å². The number of rotatable bonds is 7. The van der Waals surface area contributed by atoms with Gasteiger partial charge in [0.25, 0.3) is 0 Å². The summed E-state index contributed by atoms with van der Waals surface area (Å²) >= 11 is 0. The van der Waals surface area contributed by atoms with E-state index in [4.69, 9.17) is 0 Å². The van der Waals surface area contributed by atoms with Gasteiger partial charge < -0.3 is 10.2 Å². The molecule has 1 N–H and O–H groups in total. The zero-order valence-electron chi connectivity index (χ0n) is 17.3. The van der Waals surface area contributed by atoms with E-state index < -0.39 is 11.0 Å². The lowest BCUT2D eigenvalue weighted by molar-refractivity contribution is -0.144. The molecule has 0 aliphatic heterocycles. The van der Waals surface area contributed by atoms with Gasteiger partial charge in [-0.1, -0.05) is 32.9 Å².